The molecule has 0 fully saturated rings. The van der Waals surface area contributed by atoms with Crippen molar-refractivity contribution in [1.82, 2.24) is 0 Å². The van der Waals surface area contributed by atoms with E-state index < -0.39 is 0 Å². The summed E-state index contributed by atoms with van der Waals surface area (Å²) in [6, 6.07) is 13.5. The molecule has 0 spiro atoms. The topological polar surface area (TPSA) is 29.3 Å². The first-order valence-corrected chi connectivity index (χ1v) is 7.40. The largest absolute Gasteiger partial charge is 0.397 e. The third kappa shape index (κ3) is 3.59. The third-order valence-corrected chi connectivity index (χ3v) is 3.73. The molecule has 0 saturated heterocycles. The number of nitrogens with zero attached hydrogens (tertiary/aromatic N) is 1. The number of nitrogen functional groups attached to an aromatic ring is 1. The van der Waals surface area contributed by atoms with Crippen molar-refractivity contribution >= 4 is 34.6 Å². The number of rotatable bonds is 5. The van der Waals surface area contributed by atoms with Crippen molar-refractivity contribution < 1.29 is 0 Å². The van der Waals surface area contributed by atoms with Crippen LogP contribution in [0.5, 0.6) is 0 Å². The van der Waals surface area contributed by atoms with E-state index in [-0.39, 0.29) is 0 Å². The fourth-order valence-electron chi connectivity index (χ4n) is 2.19. The molecule has 0 aromatic heterocycles. The van der Waals surface area contributed by atoms with Gasteiger partial charge in [-0.25, -0.2) is 0 Å². The van der Waals surface area contributed by atoms with E-state index in [2.05, 4.69) is 11.8 Å². The normalized spacial score (nSPS) is 10.6. The van der Waals surface area contributed by atoms with Crippen LogP contribution in [0.1, 0.15) is 18.9 Å². The maximum absolute atomic E-state index is 6.26. The summed E-state index contributed by atoms with van der Waals surface area (Å²) in [5.41, 5.74) is 8.95. The molecular weight excluding hydrogens is 291 g/mol. The molecule has 2 aromatic rings. The molecule has 4 heteroatoms. The van der Waals surface area contributed by atoms with Crippen molar-refractivity contribution in [2.45, 2.75) is 19.9 Å². The highest BCUT2D eigenvalue weighted by Gasteiger charge is 2.11. The maximum Gasteiger partial charge on any atom is 0.0602 e. The lowest BCUT2D eigenvalue weighted by Gasteiger charge is -2.26. The van der Waals surface area contributed by atoms with E-state index in [0.29, 0.717) is 10.0 Å². The van der Waals surface area contributed by atoms with Gasteiger partial charge in [-0.15, -0.1) is 0 Å². The molecule has 2 nitrogen and oxygen atoms in total. The summed E-state index contributed by atoms with van der Waals surface area (Å²) >= 11 is 12.2. The predicted octanol–water partition coefficient (Wildman–Crippen LogP) is 4.99. The summed E-state index contributed by atoms with van der Waals surface area (Å²) in [7, 11) is 0. The number of nitrogens with two attached hydrogens (primary N) is 1. The van der Waals surface area contributed by atoms with Crippen LogP contribution in [0.25, 0.3) is 0 Å². The Morgan fingerprint density at radius 3 is 2.50 bits per heavy atom. The Morgan fingerprint density at radius 1 is 1.10 bits per heavy atom. The highest BCUT2D eigenvalue weighted by Crippen LogP contribution is 2.28. The van der Waals surface area contributed by atoms with E-state index >= 15 is 0 Å². The van der Waals surface area contributed by atoms with Crippen LogP contribution in [0.2, 0.25) is 10.0 Å². The SMILES string of the molecule is CCCN(Cc1ccc(Cl)cc1Cl)c1ccccc1N. The van der Waals surface area contributed by atoms with Crippen LogP contribution in [-0.4, -0.2) is 6.54 Å². The lowest BCUT2D eigenvalue weighted by Crippen LogP contribution is -2.24. The maximum atomic E-state index is 6.26. The molecule has 0 aliphatic carbocycles. The summed E-state index contributed by atoms with van der Waals surface area (Å²) in [6.45, 7) is 3.79. The standard InChI is InChI=1S/C16H18Cl2N2/c1-2-9-20(16-6-4-3-5-15(16)19)11-12-7-8-13(17)10-14(12)18/h3-8,10H,2,9,11,19H2,1H3. The number of anilines is 2. The van der Waals surface area contributed by atoms with Crippen molar-refractivity contribution in [1.29, 1.82) is 0 Å². The lowest BCUT2D eigenvalue weighted by molar-refractivity contribution is 0.768. The Bertz CT molecular complexity index is 584. The van der Waals surface area contributed by atoms with Gasteiger partial charge in [-0.1, -0.05) is 48.3 Å². The van der Waals surface area contributed by atoms with Crippen molar-refractivity contribution in [3.8, 4) is 0 Å². The van der Waals surface area contributed by atoms with Gasteiger partial charge in [0.1, 0.15) is 0 Å². The second-order valence-electron chi connectivity index (χ2n) is 4.72. The number of hydrogen-bond donors (Lipinski definition) is 1. The average Bonchev–Trinajstić information content (AvgIpc) is 2.42. The van der Waals surface area contributed by atoms with E-state index in [1.165, 1.54) is 0 Å². The zero-order chi connectivity index (χ0) is 14.5. The van der Waals surface area contributed by atoms with E-state index in [9.17, 15) is 0 Å². The number of benzene rings is 2. The van der Waals surface area contributed by atoms with E-state index in [1.807, 2.05) is 36.4 Å². The Labute approximate surface area is 130 Å². The zero-order valence-electron chi connectivity index (χ0n) is 11.4. The molecule has 2 N–H and O–H groups in total. The molecule has 0 radical (unpaired) electrons. The molecule has 0 heterocycles. The molecule has 0 aliphatic rings. The van der Waals surface area contributed by atoms with Crippen molar-refractivity contribution in [2.75, 3.05) is 17.2 Å². The monoisotopic (exact) mass is 308 g/mol. The van der Waals surface area contributed by atoms with Crippen LogP contribution >= 0.6 is 23.2 Å². The van der Waals surface area contributed by atoms with Gasteiger partial charge in [0.05, 0.1) is 11.4 Å². The van der Waals surface area contributed by atoms with Gasteiger partial charge in [-0.3, -0.25) is 0 Å². The van der Waals surface area contributed by atoms with Crippen LogP contribution in [0.3, 0.4) is 0 Å². The highest BCUT2D eigenvalue weighted by molar-refractivity contribution is 6.35. The number of halogens is 2. The molecule has 0 amide bonds. The fourth-order valence-corrected chi connectivity index (χ4v) is 2.65. The van der Waals surface area contributed by atoms with Gasteiger partial charge in [-0.2, -0.15) is 0 Å². The molecule has 0 unspecified atom stereocenters. The van der Waals surface area contributed by atoms with E-state index in [0.717, 1.165) is 36.4 Å². The van der Waals surface area contributed by atoms with Gasteiger partial charge in [-0.05, 0) is 36.2 Å². The minimum atomic E-state index is 0.653. The van der Waals surface area contributed by atoms with E-state index in [4.69, 9.17) is 28.9 Å². The molecule has 20 heavy (non-hydrogen) atoms. The third-order valence-electron chi connectivity index (χ3n) is 3.15. The first-order chi connectivity index (χ1) is 9.61. The Hall–Kier alpha value is -1.38. The van der Waals surface area contributed by atoms with Crippen molar-refractivity contribution in [2.24, 2.45) is 0 Å². The van der Waals surface area contributed by atoms with Crippen LogP contribution in [0, 0.1) is 0 Å². The molecule has 2 rings (SSSR count). The molecule has 106 valence electrons. The molecule has 0 atom stereocenters. The molecule has 2 aromatic carbocycles. The van der Waals surface area contributed by atoms with Gasteiger partial charge in [0.15, 0.2) is 0 Å². The molecule has 0 saturated carbocycles. The number of hydrogen-bond acceptors (Lipinski definition) is 2. The van der Waals surface area contributed by atoms with Crippen LogP contribution in [0.15, 0.2) is 42.5 Å². The fraction of sp³-hybridized carbons (Fsp3) is 0.250. The molecular formula is C16H18Cl2N2. The summed E-state index contributed by atoms with van der Waals surface area (Å²) in [4.78, 5) is 2.24. The Morgan fingerprint density at radius 2 is 1.85 bits per heavy atom. The van der Waals surface area contributed by atoms with Crippen LogP contribution < -0.4 is 10.6 Å². The second kappa shape index (κ2) is 6.87. The number of para-hydroxylation sites is 2. The van der Waals surface area contributed by atoms with Gasteiger partial charge in [0.2, 0.25) is 0 Å². The van der Waals surface area contributed by atoms with Crippen LogP contribution in [0.4, 0.5) is 11.4 Å². The van der Waals surface area contributed by atoms with Crippen molar-refractivity contribution in [3.05, 3.63) is 58.1 Å². The predicted molar refractivity (Wildman–Crippen MR) is 88.7 cm³/mol. The minimum Gasteiger partial charge on any atom is -0.397 e. The van der Waals surface area contributed by atoms with Crippen LogP contribution in [-0.2, 0) is 6.54 Å². The minimum absolute atomic E-state index is 0.653. The van der Waals surface area contributed by atoms with E-state index in [1.54, 1.807) is 6.07 Å². The van der Waals surface area contributed by atoms with Gasteiger partial charge < -0.3 is 10.6 Å². The quantitative estimate of drug-likeness (QED) is 0.788. The second-order valence-corrected chi connectivity index (χ2v) is 5.56. The Balaban J connectivity index is 2.28. The molecule has 0 aliphatic heterocycles. The summed E-state index contributed by atoms with van der Waals surface area (Å²) in [6.07, 6.45) is 1.04. The highest BCUT2D eigenvalue weighted by atomic mass is 35.5. The summed E-state index contributed by atoms with van der Waals surface area (Å²) in [5, 5.41) is 1.34. The van der Waals surface area contributed by atoms with Gasteiger partial charge in [0, 0.05) is 23.1 Å². The lowest BCUT2D eigenvalue weighted by atomic mass is 10.1. The first kappa shape index (κ1) is 15.0. The van der Waals surface area contributed by atoms with Gasteiger partial charge in [0.25, 0.3) is 0 Å². The van der Waals surface area contributed by atoms with Gasteiger partial charge >= 0.3 is 0 Å². The Kier molecular flexibility index (Phi) is 5.16. The first-order valence-electron chi connectivity index (χ1n) is 6.65. The summed E-state index contributed by atoms with van der Waals surface area (Å²) in [5.74, 6) is 0. The average molecular weight is 309 g/mol. The summed E-state index contributed by atoms with van der Waals surface area (Å²) < 4.78 is 0. The molecule has 0 bridgehead atoms. The smallest absolute Gasteiger partial charge is 0.0602 e. The van der Waals surface area contributed by atoms with Crippen molar-refractivity contribution in [3.63, 3.8) is 0 Å². The zero-order valence-corrected chi connectivity index (χ0v) is 13.0.